The van der Waals surface area contributed by atoms with Crippen molar-refractivity contribution in [2.45, 2.75) is 31.7 Å². The van der Waals surface area contributed by atoms with Crippen LogP contribution in [0.3, 0.4) is 0 Å². The lowest BCUT2D eigenvalue weighted by molar-refractivity contribution is -0.156. The molecule has 1 atom stereocenters. The van der Waals surface area contributed by atoms with E-state index in [9.17, 15) is 13.6 Å². The van der Waals surface area contributed by atoms with Crippen molar-refractivity contribution < 1.29 is 18.3 Å². The quantitative estimate of drug-likeness (QED) is 0.616. The lowest BCUT2D eigenvalue weighted by Crippen LogP contribution is -2.55. The Balaban J connectivity index is 4.45. The first kappa shape index (κ1) is 13.2. The van der Waals surface area contributed by atoms with Crippen LogP contribution in [0.4, 0.5) is 8.78 Å². The van der Waals surface area contributed by atoms with E-state index in [4.69, 9.17) is 11.5 Å². The Hall–Kier alpha value is -0.750. The summed E-state index contributed by atoms with van der Waals surface area (Å²) in [5.74, 6) is -1.07. The van der Waals surface area contributed by atoms with Crippen LogP contribution in [-0.2, 0) is 9.53 Å². The molecule has 0 rings (SSSR count). The van der Waals surface area contributed by atoms with Crippen LogP contribution < -0.4 is 11.5 Å². The van der Waals surface area contributed by atoms with Crippen molar-refractivity contribution >= 4 is 5.97 Å². The molecule has 0 aliphatic rings. The highest BCUT2D eigenvalue weighted by molar-refractivity contribution is 5.81. The van der Waals surface area contributed by atoms with E-state index in [1.165, 1.54) is 6.92 Å². The van der Waals surface area contributed by atoms with Gasteiger partial charge in [0, 0.05) is 0 Å². The molecule has 0 fully saturated rings. The summed E-state index contributed by atoms with van der Waals surface area (Å²) in [6, 6.07) is 0. The number of carbonyl (C=O) groups excluding carboxylic acids is 1. The van der Waals surface area contributed by atoms with Gasteiger partial charge in [0.25, 0.3) is 6.43 Å². The lowest BCUT2D eigenvalue weighted by Gasteiger charge is -2.25. The monoisotopic (exact) mass is 210 g/mol. The lowest BCUT2D eigenvalue weighted by atomic mass is 9.95. The molecule has 0 aliphatic heterocycles. The number of hydrogen-bond acceptors (Lipinski definition) is 4. The molecule has 0 amide bonds. The van der Waals surface area contributed by atoms with Crippen molar-refractivity contribution in [2.24, 2.45) is 11.5 Å². The summed E-state index contributed by atoms with van der Waals surface area (Å²) in [6.07, 6.45) is -2.84. The highest BCUT2D eigenvalue weighted by Crippen LogP contribution is 2.20. The van der Waals surface area contributed by atoms with Crippen LogP contribution >= 0.6 is 0 Å². The number of nitrogens with two attached hydrogens (primary N) is 2. The average Bonchev–Trinajstić information content (AvgIpc) is 2.14. The van der Waals surface area contributed by atoms with Crippen LogP contribution in [0, 0.1) is 0 Å². The molecular formula is C8H16F2N2O2. The van der Waals surface area contributed by atoms with Gasteiger partial charge in [-0.3, -0.25) is 0 Å². The van der Waals surface area contributed by atoms with E-state index < -0.39 is 17.9 Å². The van der Waals surface area contributed by atoms with Gasteiger partial charge in [0.1, 0.15) is 0 Å². The number of hydrogen-bond donors (Lipinski definition) is 2. The molecule has 14 heavy (non-hydrogen) atoms. The first-order valence-electron chi connectivity index (χ1n) is 4.43. The number of carbonyl (C=O) groups is 1. The van der Waals surface area contributed by atoms with Gasteiger partial charge >= 0.3 is 5.97 Å². The van der Waals surface area contributed by atoms with Gasteiger partial charge in [-0.25, -0.2) is 13.6 Å². The van der Waals surface area contributed by atoms with Gasteiger partial charge < -0.3 is 16.2 Å². The molecule has 0 unspecified atom stereocenters. The maximum absolute atomic E-state index is 12.5. The SMILES string of the molecule is CCOC(=O)[C@@](N)(CCCN)C(F)F. The van der Waals surface area contributed by atoms with Crippen molar-refractivity contribution in [3.8, 4) is 0 Å². The average molecular weight is 210 g/mol. The molecule has 6 heteroatoms. The fraction of sp³-hybridized carbons (Fsp3) is 0.875. The van der Waals surface area contributed by atoms with Gasteiger partial charge in [-0.1, -0.05) is 0 Å². The maximum Gasteiger partial charge on any atom is 0.332 e. The van der Waals surface area contributed by atoms with E-state index in [0.717, 1.165) is 0 Å². The van der Waals surface area contributed by atoms with Crippen LogP contribution in [0.25, 0.3) is 0 Å². The van der Waals surface area contributed by atoms with E-state index in [1.54, 1.807) is 0 Å². The fourth-order valence-corrected chi connectivity index (χ4v) is 0.960. The van der Waals surface area contributed by atoms with Gasteiger partial charge in [-0.15, -0.1) is 0 Å². The number of alkyl halides is 2. The molecule has 0 aliphatic carbocycles. The molecule has 0 spiro atoms. The van der Waals surface area contributed by atoms with Crippen LogP contribution in [-0.4, -0.2) is 31.1 Å². The zero-order valence-electron chi connectivity index (χ0n) is 8.13. The predicted molar refractivity (Wildman–Crippen MR) is 47.8 cm³/mol. The Morgan fingerprint density at radius 3 is 2.50 bits per heavy atom. The first-order valence-corrected chi connectivity index (χ1v) is 4.43. The molecule has 0 bridgehead atoms. The molecule has 0 aromatic carbocycles. The van der Waals surface area contributed by atoms with E-state index in [-0.39, 0.29) is 26.0 Å². The number of esters is 1. The van der Waals surface area contributed by atoms with Gasteiger partial charge in [0.15, 0.2) is 5.54 Å². The van der Waals surface area contributed by atoms with Crippen molar-refractivity contribution in [3.63, 3.8) is 0 Å². The van der Waals surface area contributed by atoms with Crippen LogP contribution in [0.5, 0.6) is 0 Å². The Morgan fingerprint density at radius 2 is 2.14 bits per heavy atom. The molecule has 0 aromatic rings. The van der Waals surface area contributed by atoms with Gasteiger partial charge in [0.2, 0.25) is 0 Å². The number of ether oxygens (including phenoxy) is 1. The standard InChI is InChI=1S/C8H16F2N2O2/c1-2-14-7(13)8(12,6(9)10)4-3-5-11/h6H,2-5,11-12H2,1H3/t8-/m1/s1. The van der Waals surface area contributed by atoms with Crippen molar-refractivity contribution in [1.82, 2.24) is 0 Å². The van der Waals surface area contributed by atoms with Gasteiger partial charge in [-0.2, -0.15) is 0 Å². The Labute approximate surface area is 81.6 Å². The minimum absolute atomic E-state index is 0.0348. The minimum atomic E-state index is -2.94. The second-order valence-electron chi connectivity index (χ2n) is 2.95. The minimum Gasteiger partial charge on any atom is -0.464 e. The highest BCUT2D eigenvalue weighted by atomic mass is 19.3. The van der Waals surface area contributed by atoms with Crippen molar-refractivity contribution in [3.05, 3.63) is 0 Å². The second kappa shape index (κ2) is 5.87. The molecule has 0 saturated carbocycles. The Kier molecular flexibility index (Phi) is 5.56. The molecule has 0 heterocycles. The smallest absolute Gasteiger partial charge is 0.332 e. The molecular weight excluding hydrogens is 194 g/mol. The summed E-state index contributed by atoms with van der Waals surface area (Å²) in [5.41, 5.74) is 8.22. The first-order chi connectivity index (χ1) is 6.49. The van der Waals surface area contributed by atoms with E-state index in [1.807, 2.05) is 0 Å². The molecule has 0 aromatic heterocycles. The highest BCUT2D eigenvalue weighted by Gasteiger charge is 2.44. The van der Waals surface area contributed by atoms with E-state index in [2.05, 4.69) is 4.74 Å². The fourth-order valence-electron chi connectivity index (χ4n) is 0.960. The third-order valence-corrected chi connectivity index (χ3v) is 1.84. The third-order valence-electron chi connectivity index (χ3n) is 1.84. The summed E-state index contributed by atoms with van der Waals surface area (Å²) in [6.45, 7) is 1.78. The van der Waals surface area contributed by atoms with E-state index >= 15 is 0 Å². The summed E-state index contributed by atoms with van der Waals surface area (Å²) in [5, 5.41) is 0. The normalized spacial score (nSPS) is 15.3. The van der Waals surface area contributed by atoms with Crippen LogP contribution in [0.15, 0.2) is 0 Å². The second-order valence-corrected chi connectivity index (χ2v) is 2.95. The predicted octanol–water partition coefficient (Wildman–Crippen LogP) is 0.251. The summed E-state index contributed by atoms with van der Waals surface area (Å²) < 4.78 is 29.5. The summed E-state index contributed by atoms with van der Waals surface area (Å²) in [4.78, 5) is 11.1. The molecule has 0 radical (unpaired) electrons. The molecule has 0 saturated heterocycles. The Morgan fingerprint density at radius 1 is 1.57 bits per heavy atom. The topological polar surface area (TPSA) is 78.3 Å². The Bertz CT molecular complexity index is 190. The van der Waals surface area contributed by atoms with Crippen LogP contribution in [0.2, 0.25) is 0 Å². The van der Waals surface area contributed by atoms with Crippen LogP contribution in [0.1, 0.15) is 19.8 Å². The van der Waals surface area contributed by atoms with E-state index in [0.29, 0.717) is 0 Å². The third kappa shape index (κ3) is 3.19. The number of halogens is 2. The maximum atomic E-state index is 12.5. The molecule has 4 N–H and O–H groups in total. The molecule has 4 nitrogen and oxygen atoms in total. The molecule has 84 valence electrons. The van der Waals surface area contributed by atoms with Gasteiger partial charge in [0.05, 0.1) is 6.61 Å². The van der Waals surface area contributed by atoms with Crippen molar-refractivity contribution in [2.75, 3.05) is 13.2 Å². The largest absolute Gasteiger partial charge is 0.464 e. The zero-order chi connectivity index (χ0) is 11.2. The van der Waals surface area contributed by atoms with Crippen molar-refractivity contribution in [1.29, 1.82) is 0 Å². The van der Waals surface area contributed by atoms with Gasteiger partial charge in [-0.05, 0) is 26.3 Å². The zero-order valence-corrected chi connectivity index (χ0v) is 8.13. The number of rotatable bonds is 6. The summed E-state index contributed by atoms with van der Waals surface area (Å²) >= 11 is 0. The summed E-state index contributed by atoms with van der Waals surface area (Å²) in [7, 11) is 0.